The van der Waals surface area contributed by atoms with Crippen molar-refractivity contribution in [2.24, 2.45) is 5.92 Å². The predicted molar refractivity (Wildman–Crippen MR) is 144 cm³/mol. The Labute approximate surface area is 224 Å². The Balaban J connectivity index is 1.23. The summed E-state index contributed by atoms with van der Waals surface area (Å²) in [5, 5.41) is 4.62. The standard InChI is InChI=1S/C28H28ClN5O2S/c29-16-7-20-19-6-15(19)12-33(17-10-28(32-11-17)4-1-5-28)26(20)21(8-16)25-27-22(30-14-31-25)9-18(37-27)13-34-23(35)2-3-24(34)36/h7-9,14-15,17,19,32H,1-6,10-13H2/t15-,17-,19-/m1/s1. The van der Waals surface area contributed by atoms with Crippen LogP contribution in [0.3, 0.4) is 0 Å². The molecule has 0 radical (unpaired) electrons. The van der Waals surface area contributed by atoms with Crippen molar-refractivity contribution in [3.8, 4) is 11.3 Å². The lowest BCUT2D eigenvalue weighted by Crippen LogP contribution is -2.46. The van der Waals surface area contributed by atoms with E-state index in [1.807, 2.05) is 6.07 Å². The molecule has 3 aromatic rings. The maximum absolute atomic E-state index is 12.2. The summed E-state index contributed by atoms with van der Waals surface area (Å²) >= 11 is 8.33. The molecule has 2 saturated heterocycles. The molecule has 37 heavy (non-hydrogen) atoms. The van der Waals surface area contributed by atoms with Crippen molar-refractivity contribution in [1.29, 1.82) is 0 Å². The monoisotopic (exact) mass is 533 g/mol. The van der Waals surface area contributed by atoms with Crippen molar-refractivity contribution in [3.05, 3.63) is 40.0 Å². The van der Waals surface area contributed by atoms with Gasteiger partial charge in [-0.15, -0.1) is 11.3 Å². The number of likely N-dealkylation sites (tertiary alicyclic amines) is 1. The van der Waals surface area contributed by atoms with Crippen molar-refractivity contribution in [1.82, 2.24) is 20.2 Å². The number of carbonyl (C=O) groups excluding carboxylic acids is 2. The van der Waals surface area contributed by atoms with Gasteiger partial charge in [0.1, 0.15) is 6.33 Å². The van der Waals surface area contributed by atoms with Gasteiger partial charge in [-0.1, -0.05) is 11.6 Å². The highest BCUT2D eigenvalue weighted by atomic mass is 35.5. The van der Waals surface area contributed by atoms with E-state index in [4.69, 9.17) is 16.6 Å². The normalized spacial score (nSPS) is 27.6. The summed E-state index contributed by atoms with van der Waals surface area (Å²) in [6, 6.07) is 6.73. The number of fused-ring (bicyclic) bond motifs is 4. The molecule has 8 rings (SSSR count). The average molecular weight is 534 g/mol. The topological polar surface area (TPSA) is 78.4 Å². The first-order chi connectivity index (χ1) is 18.0. The second-order valence-corrected chi connectivity index (χ2v) is 13.1. The number of imide groups is 1. The molecule has 2 aromatic heterocycles. The number of benzene rings is 1. The zero-order chi connectivity index (χ0) is 24.9. The van der Waals surface area contributed by atoms with Gasteiger partial charge in [0.15, 0.2) is 0 Å². The minimum absolute atomic E-state index is 0.0956. The Morgan fingerprint density at radius 2 is 1.97 bits per heavy atom. The summed E-state index contributed by atoms with van der Waals surface area (Å²) in [6.45, 7) is 2.43. The molecule has 0 bridgehead atoms. The number of nitrogens with zero attached hydrogens (tertiary/aromatic N) is 4. The van der Waals surface area contributed by atoms with Gasteiger partial charge in [0, 0.05) is 53.0 Å². The van der Waals surface area contributed by atoms with Crippen LogP contribution in [-0.4, -0.2) is 51.4 Å². The lowest BCUT2D eigenvalue weighted by molar-refractivity contribution is -0.138. The van der Waals surface area contributed by atoms with Crippen molar-refractivity contribution < 1.29 is 9.59 Å². The summed E-state index contributed by atoms with van der Waals surface area (Å²) in [7, 11) is 0. The van der Waals surface area contributed by atoms with Crippen LogP contribution in [0.25, 0.3) is 21.5 Å². The molecule has 3 aliphatic heterocycles. The van der Waals surface area contributed by atoms with E-state index in [0.29, 0.717) is 42.8 Å². The Morgan fingerprint density at radius 1 is 1.14 bits per heavy atom. The lowest BCUT2D eigenvalue weighted by atomic mass is 9.75. The van der Waals surface area contributed by atoms with Crippen molar-refractivity contribution in [2.75, 3.05) is 18.0 Å². The van der Waals surface area contributed by atoms with E-state index in [-0.39, 0.29) is 11.8 Å². The van der Waals surface area contributed by atoms with Crippen LogP contribution >= 0.6 is 22.9 Å². The summed E-state index contributed by atoms with van der Waals surface area (Å²) in [5.41, 5.74) is 5.83. The number of hydrogen-bond acceptors (Lipinski definition) is 7. The van der Waals surface area contributed by atoms with E-state index in [0.717, 1.165) is 44.5 Å². The first-order valence-corrected chi connectivity index (χ1v) is 14.6. The molecule has 1 aromatic carbocycles. The third kappa shape index (κ3) is 3.48. The zero-order valence-electron chi connectivity index (χ0n) is 20.5. The lowest BCUT2D eigenvalue weighted by Gasteiger charge is -2.41. The zero-order valence-corrected chi connectivity index (χ0v) is 22.1. The smallest absolute Gasteiger partial charge is 0.230 e. The van der Waals surface area contributed by atoms with E-state index >= 15 is 0 Å². The first kappa shape index (κ1) is 22.4. The van der Waals surface area contributed by atoms with Crippen molar-refractivity contribution in [3.63, 3.8) is 0 Å². The molecule has 2 saturated carbocycles. The molecule has 2 amide bonds. The molecule has 7 nitrogen and oxygen atoms in total. The second-order valence-electron chi connectivity index (χ2n) is 11.5. The molecule has 3 atom stereocenters. The van der Waals surface area contributed by atoms with Gasteiger partial charge in [-0.25, -0.2) is 9.97 Å². The van der Waals surface area contributed by atoms with Crippen LogP contribution in [0.5, 0.6) is 0 Å². The fourth-order valence-electron chi connectivity index (χ4n) is 7.17. The van der Waals surface area contributed by atoms with Crippen molar-refractivity contribution in [2.45, 2.75) is 69.0 Å². The number of carbonyl (C=O) groups is 2. The van der Waals surface area contributed by atoms with E-state index in [9.17, 15) is 9.59 Å². The first-order valence-electron chi connectivity index (χ1n) is 13.4. The second kappa shape index (κ2) is 7.98. The minimum atomic E-state index is -0.0956. The number of thiophene rings is 1. The van der Waals surface area contributed by atoms with E-state index < -0.39 is 0 Å². The van der Waals surface area contributed by atoms with Crippen LogP contribution in [0.2, 0.25) is 5.02 Å². The maximum atomic E-state index is 12.2. The number of aromatic nitrogens is 2. The van der Waals surface area contributed by atoms with Gasteiger partial charge < -0.3 is 10.2 Å². The maximum Gasteiger partial charge on any atom is 0.230 e. The average Bonchev–Trinajstić information content (AvgIpc) is 3.18. The molecule has 2 aliphatic carbocycles. The number of hydrogen-bond donors (Lipinski definition) is 1. The van der Waals surface area contributed by atoms with E-state index in [2.05, 4.69) is 27.3 Å². The molecule has 9 heteroatoms. The summed E-state index contributed by atoms with van der Waals surface area (Å²) in [6.07, 6.45) is 8.57. The SMILES string of the molecule is O=C1CCC(=O)N1Cc1cc2ncnc(-c3cc(Cl)cc4c3N([C@H]3CNC5(CCC5)C3)C[C@H]3C[C@@H]43)c2s1. The molecule has 4 fully saturated rings. The minimum Gasteiger partial charge on any atom is -0.366 e. The van der Waals surface area contributed by atoms with Gasteiger partial charge in [0.2, 0.25) is 11.8 Å². The number of amides is 2. The van der Waals surface area contributed by atoms with Crippen LogP contribution in [0, 0.1) is 5.92 Å². The Hall–Kier alpha value is -2.55. The molecule has 5 heterocycles. The number of rotatable bonds is 4. The molecular weight excluding hydrogens is 506 g/mol. The highest BCUT2D eigenvalue weighted by molar-refractivity contribution is 7.19. The van der Waals surface area contributed by atoms with Crippen LogP contribution in [-0.2, 0) is 16.1 Å². The van der Waals surface area contributed by atoms with Gasteiger partial charge in [0.05, 0.1) is 28.1 Å². The summed E-state index contributed by atoms with van der Waals surface area (Å²) < 4.78 is 0.985. The Bertz CT molecular complexity index is 1470. The van der Waals surface area contributed by atoms with Crippen LogP contribution in [0.4, 0.5) is 5.69 Å². The predicted octanol–water partition coefficient (Wildman–Crippen LogP) is 4.87. The highest BCUT2D eigenvalue weighted by Crippen LogP contribution is 2.59. The van der Waals surface area contributed by atoms with Crippen LogP contribution < -0.4 is 10.2 Å². The van der Waals surface area contributed by atoms with E-state index in [1.165, 1.54) is 48.3 Å². The number of nitrogens with one attached hydrogen (secondary N) is 1. The van der Waals surface area contributed by atoms with Gasteiger partial charge in [-0.05, 0) is 67.7 Å². The molecule has 1 N–H and O–H groups in total. The highest BCUT2D eigenvalue weighted by Gasteiger charge is 2.51. The van der Waals surface area contributed by atoms with Gasteiger partial charge in [0.25, 0.3) is 0 Å². The Morgan fingerprint density at radius 3 is 2.73 bits per heavy atom. The molecular formula is C28H28ClN5O2S. The molecule has 1 spiro atoms. The van der Waals surface area contributed by atoms with E-state index in [1.54, 1.807) is 17.7 Å². The van der Waals surface area contributed by atoms with Crippen LogP contribution in [0.1, 0.15) is 61.3 Å². The Kier molecular flexibility index (Phi) is 4.84. The molecule has 5 aliphatic rings. The fraction of sp³-hybridized carbons (Fsp3) is 0.500. The third-order valence-corrected chi connectivity index (χ3v) is 10.7. The fourth-order valence-corrected chi connectivity index (χ4v) is 8.50. The molecule has 0 unspecified atom stereocenters. The molecule has 190 valence electrons. The number of anilines is 1. The summed E-state index contributed by atoms with van der Waals surface area (Å²) in [4.78, 5) is 38.8. The van der Waals surface area contributed by atoms with Gasteiger partial charge in [-0.3, -0.25) is 14.5 Å². The number of halogens is 1. The van der Waals surface area contributed by atoms with Gasteiger partial charge in [-0.2, -0.15) is 0 Å². The van der Waals surface area contributed by atoms with Crippen LogP contribution in [0.15, 0.2) is 24.5 Å². The largest absolute Gasteiger partial charge is 0.366 e. The van der Waals surface area contributed by atoms with Gasteiger partial charge >= 0.3 is 0 Å². The quantitative estimate of drug-likeness (QED) is 0.482. The third-order valence-electron chi connectivity index (χ3n) is 9.32. The van der Waals surface area contributed by atoms with Crippen molar-refractivity contribution >= 4 is 50.7 Å². The summed E-state index contributed by atoms with van der Waals surface area (Å²) in [5.74, 6) is 1.11.